The summed E-state index contributed by atoms with van der Waals surface area (Å²) in [6, 6.07) is 6.03. The van der Waals surface area contributed by atoms with E-state index in [0.29, 0.717) is 26.3 Å². The van der Waals surface area contributed by atoms with E-state index >= 15 is 0 Å². The van der Waals surface area contributed by atoms with E-state index < -0.39 is 0 Å². The third-order valence-corrected chi connectivity index (χ3v) is 4.99. The molecule has 0 saturated carbocycles. The summed E-state index contributed by atoms with van der Waals surface area (Å²) < 4.78 is 11.4. The van der Waals surface area contributed by atoms with Gasteiger partial charge in [-0.2, -0.15) is 0 Å². The lowest BCUT2D eigenvalue weighted by Crippen LogP contribution is -2.36. The number of aliphatic imine (C=N–C) groups is 1. The lowest BCUT2D eigenvalue weighted by molar-refractivity contribution is 0.297. The van der Waals surface area contributed by atoms with Crippen LogP contribution >= 0.6 is 35.3 Å². The van der Waals surface area contributed by atoms with Crippen molar-refractivity contribution in [2.45, 2.75) is 32.9 Å². The van der Waals surface area contributed by atoms with Gasteiger partial charge >= 0.3 is 0 Å². The molecule has 6 nitrogen and oxygen atoms in total. The van der Waals surface area contributed by atoms with Crippen molar-refractivity contribution in [2.75, 3.05) is 20.3 Å². The Balaban J connectivity index is 0.00000243. The predicted octanol–water partition coefficient (Wildman–Crippen LogP) is 3.35. The smallest absolute Gasteiger partial charge is 0.191 e. The van der Waals surface area contributed by atoms with E-state index in [1.807, 2.05) is 24.4 Å². The van der Waals surface area contributed by atoms with Crippen molar-refractivity contribution < 1.29 is 9.47 Å². The zero-order chi connectivity index (χ0) is 17.5. The monoisotopic (exact) mass is 488 g/mol. The maximum Gasteiger partial charge on any atom is 0.191 e. The summed E-state index contributed by atoms with van der Waals surface area (Å²) in [5.74, 6) is 2.38. The van der Waals surface area contributed by atoms with Crippen LogP contribution in [0.5, 0.6) is 11.5 Å². The summed E-state index contributed by atoms with van der Waals surface area (Å²) in [5.41, 5.74) is 1.12. The lowest BCUT2D eigenvalue weighted by atomic mass is 10.2. The molecule has 8 heteroatoms. The van der Waals surface area contributed by atoms with Gasteiger partial charge in [0.25, 0.3) is 0 Å². The number of hydrogen-bond acceptors (Lipinski definition) is 5. The third kappa shape index (κ3) is 5.73. The molecule has 1 aliphatic heterocycles. The molecule has 2 N–H and O–H groups in total. The number of guanidine groups is 1. The third-order valence-electron chi connectivity index (χ3n) is 3.85. The number of fused-ring (bicyclic) bond motifs is 1. The quantitative estimate of drug-likeness (QED) is 0.384. The topological polar surface area (TPSA) is 67.8 Å². The number of nitrogens with one attached hydrogen (secondary N) is 2. The van der Waals surface area contributed by atoms with E-state index in [1.54, 1.807) is 18.4 Å². The van der Waals surface area contributed by atoms with Gasteiger partial charge in [-0.3, -0.25) is 4.99 Å². The van der Waals surface area contributed by atoms with E-state index in [0.717, 1.165) is 40.9 Å². The first kappa shape index (κ1) is 20.8. The van der Waals surface area contributed by atoms with E-state index in [4.69, 9.17) is 9.47 Å². The van der Waals surface area contributed by atoms with Gasteiger partial charge in [0.05, 0.1) is 19.8 Å². The van der Waals surface area contributed by atoms with Crippen molar-refractivity contribution >= 4 is 41.3 Å². The van der Waals surface area contributed by atoms with Gasteiger partial charge in [-0.15, -0.1) is 35.3 Å². The largest absolute Gasteiger partial charge is 0.490 e. The first-order valence-corrected chi connectivity index (χ1v) is 9.36. The van der Waals surface area contributed by atoms with Crippen LogP contribution in [-0.2, 0) is 19.5 Å². The van der Waals surface area contributed by atoms with Gasteiger partial charge in [0.15, 0.2) is 17.5 Å². The van der Waals surface area contributed by atoms with E-state index in [-0.39, 0.29) is 24.0 Å². The Morgan fingerprint density at radius 3 is 2.69 bits per heavy atom. The molecule has 0 atom stereocenters. The molecule has 2 aromatic rings. The van der Waals surface area contributed by atoms with Gasteiger partial charge in [0.1, 0.15) is 5.01 Å². The lowest BCUT2D eigenvalue weighted by Gasteiger charge is -2.13. The fourth-order valence-corrected chi connectivity index (χ4v) is 3.28. The van der Waals surface area contributed by atoms with Crippen LogP contribution in [0.4, 0.5) is 0 Å². The SMILES string of the molecule is CCc1cnc(CNC(=NC)NCc2ccc3c(c2)OCCCO3)s1.I. The van der Waals surface area contributed by atoms with Crippen LogP contribution in [0, 0.1) is 0 Å². The van der Waals surface area contributed by atoms with Crippen molar-refractivity contribution in [3.05, 3.63) is 39.8 Å². The highest BCUT2D eigenvalue weighted by atomic mass is 127. The molecular formula is C18H25IN4O2S. The highest BCUT2D eigenvalue weighted by Crippen LogP contribution is 2.30. The van der Waals surface area contributed by atoms with Crippen LogP contribution < -0.4 is 20.1 Å². The molecule has 1 aromatic carbocycles. The molecule has 0 saturated heterocycles. The van der Waals surface area contributed by atoms with Crippen LogP contribution in [0.2, 0.25) is 0 Å². The molecule has 0 bridgehead atoms. The number of thiazole rings is 1. The van der Waals surface area contributed by atoms with Crippen LogP contribution in [-0.4, -0.2) is 31.2 Å². The number of ether oxygens (including phenoxy) is 2. The molecule has 142 valence electrons. The maximum atomic E-state index is 5.73. The number of hydrogen-bond donors (Lipinski definition) is 2. The standard InChI is InChI=1S/C18H24N4O2S.HI/c1-3-14-11-20-17(25-14)12-22-18(19-2)21-10-13-5-6-15-16(9-13)24-8-4-7-23-15;/h5-6,9,11H,3-4,7-8,10,12H2,1-2H3,(H2,19,21,22);1H. The van der Waals surface area contributed by atoms with Crippen LogP contribution in [0.1, 0.15) is 28.8 Å². The fourth-order valence-electron chi connectivity index (χ4n) is 2.48. The first-order valence-electron chi connectivity index (χ1n) is 8.55. The molecule has 0 aliphatic carbocycles. The Kier molecular flexibility index (Phi) is 8.43. The summed E-state index contributed by atoms with van der Waals surface area (Å²) in [7, 11) is 1.77. The molecule has 2 heterocycles. The van der Waals surface area contributed by atoms with Gasteiger partial charge in [-0.05, 0) is 24.1 Å². The molecule has 0 radical (unpaired) electrons. The summed E-state index contributed by atoms with van der Waals surface area (Å²) in [4.78, 5) is 9.97. The second-order valence-electron chi connectivity index (χ2n) is 5.68. The predicted molar refractivity (Wildman–Crippen MR) is 116 cm³/mol. The molecule has 1 aliphatic rings. The van der Waals surface area contributed by atoms with Crippen molar-refractivity contribution in [2.24, 2.45) is 4.99 Å². The summed E-state index contributed by atoms with van der Waals surface area (Å²) >= 11 is 1.73. The van der Waals surface area contributed by atoms with Crippen molar-refractivity contribution in [1.29, 1.82) is 0 Å². The van der Waals surface area contributed by atoms with Crippen LogP contribution in [0.15, 0.2) is 29.4 Å². The van der Waals surface area contributed by atoms with E-state index in [1.165, 1.54) is 4.88 Å². The van der Waals surface area contributed by atoms with E-state index in [2.05, 4.69) is 27.5 Å². The number of halogens is 1. The number of benzene rings is 1. The second-order valence-corrected chi connectivity index (χ2v) is 6.88. The van der Waals surface area contributed by atoms with Crippen molar-refractivity contribution in [3.8, 4) is 11.5 Å². The molecule has 0 amide bonds. The van der Waals surface area contributed by atoms with Crippen molar-refractivity contribution in [1.82, 2.24) is 15.6 Å². The minimum Gasteiger partial charge on any atom is -0.490 e. The van der Waals surface area contributed by atoms with Gasteiger partial charge in [-0.1, -0.05) is 13.0 Å². The molecule has 26 heavy (non-hydrogen) atoms. The minimum absolute atomic E-state index is 0. The average molecular weight is 488 g/mol. The molecule has 3 rings (SSSR count). The number of aryl methyl sites for hydroxylation is 1. The van der Waals surface area contributed by atoms with Gasteiger partial charge in [-0.25, -0.2) is 4.98 Å². The Hall–Kier alpha value is -1.55. The Morgan fingerprint density at radius 2 is 1.96 bits per heavy atom. The highest BCUT2D eigenvalue weighted by molar-refractivity contribution is 14.0. The Morgan fingerprint density at radius 1 is 1.19 bits per heavy atom. The number of rotatable bonds is 5. The zero-order valence-corrected chi connectivity index (χ0v) is 18.2. The normalized spacial score (nSPS) is 13.5. The molecular weight excluding hydrogens is 463 g/mol. The number of nitrogens with zero attached hydrogens (tertiary/aromatic N) is 2. The average Bonchev–Trinajstić information content (AvgIpc) is 2.98. The summed E-state index contributed by atoms with van der Waals surface area (Å²) in [6.07, 6.45) is 3.87. The van der Waals surface area contributed by atoms with E-state index in [9.17, 15) is 0 Å². The fraction of sp³-hybridized carbons (Fsp3) is 0.444. The van der Waals surface area contributed by atoms with Gasteiger partial charge in [0, 0.05) is 31.1 Å². The first-order chi connectivity index (χ1) is 12.3. The van der Waals surface area contributed by atoms with Crippen LogP contribution in [0.25, 0.3) is 0 Å². The minimum atomic E-state index is 0. The molecule has 0 unspecified atom stereocenters. The highest BCUT2D eigenvalue weighted by Gasteiger charge is 2.11. The number of aromatic nitrogens is 1. The summed E-state index contributed by atoms with van der Waals surface area (Å²) in [6.45, 7) is 4.87. The molecule has 0 fully saturated rings. The van der Waals surface area contributed by atoms with Crippen molar-refractivity contribution in [3.63, 3.8) is 0 Å². The van der Waals surface area contributed by atoms with Crippen LogP contribution in [0.3, 0.4) is 0 Å². The van der Waals surface area contributed by atoms with Gasteiger partial charge < -0.3 is 20.1 Å². The zero-order valence-electron chi connectivity index (χ0n) is 15.1. The maximum absolute atomic E-state index is 5.73. The second kappa shape index (κ2) is 10.6. The summed E-state index contributed by atoms with van der Waals surface area (Å²) in [5, 5.41) is 7.68. The van der Waals surface area contributed by atoms with Gasteiger partial charge in [0.2, 0.25) is 0 Å². The Bertz CT molecular complexity index is 736. The molecule has 1 aromatic heterocycles. The Labute approximate surface area is 175 Å². The molecule has 0 spiro atoms.